The van der Waals surface area contributed by atoms with Crippen LogP contribution in [-0.2, 0) is 6.54 Å². The average Bonchev–Trinajstić information content (AvgIpc) is 3.10. The van der Waals surface area contributed by atoms with Gasteiger partial charge in [-0.05, 0) is 43.5 Å². The van der Waals surface area contributed by atoms with Gasteiger partial charge in [-0.25, -0.2) is 0 Å². The predicted molar refractivity (Wildman–Crippen MR) is 83.0 cm³/mol. The summed E-state index contributed by atoms with van der Waals surface area (Å²) in [5.74, 6) is 1.89. The summed E-state index contributed by atoms with van der Waals surface area (Å²) >= 11 is 6.16. The molecule has 1 N–H and O–H groups in total. The molecule has 2 nitrogen and oxygen atoms in total. The lowest BCUT2D eigenvalue weighted by Crippen LogP contribution is -2.24. The summed E-state index contributed by atoms with van der Waals surface area (Å²) in [6.07, 6.45) is 5.29. The molecule has 0 aliphatic heterocycles. The fourth-order valence-electron chi connectivity index (χ4n) is 2.87. The van der Waals surface area contributed by atoms with Gasteiger partial charge in [-0.15, -0.1) is 0 Å². The second-order valence-corrected chi connectivity index (χ2v) is 5.95. The van der Waals surface area contributed by atoms with E-state index in [1.165, 1.54) is 25.7 Å². The second kappa shape index (κ2) is 6.02. The van der Waals surface area contributed by atoms with Gasteiger partial charge in [0.2, 0.25) is 0 Å². The molecule has 0 amide bonds. The SMILES string of the molecule is Cc1c(Cl)cccc1-c1ccc(CNC2CCCC2)o1. The summed E-state index contributed by atoms with van der Waals surface area (Å²) in [6, 6.07) is 10.7. The summed E-state index contributed by atoms with van der Waals surface area (Å²) in [4.78, 5) is 0. The third-order valence-electron chi connectivity index (χ3n) is 4.11. The Hall–Kier alpha value is -1.25. The van der Waals surface area contributed by atoms with Gasteiger partial charge in [-0.1, -0.05) is 36.6 Å². The van der Waals surface area contributed by atoms with Crippen molar-refractivity contribution in [3.05, 3.63) is 46.7 Å². The molecule has 1 aliphatic rings. The summed E-state index contributed by atoms with van der Waals surface area (Å²) < 4.78 is 5.94. The molecule has 0 radical (unpaired) electrons. The van der Waals surface area contributed by atoms with Crippen molar-refractivity contribution >= 4 is 11.6 Å². The van der Waals surface area contributed by atoms with Gasteiger partial charge in [0.1, 0.15) is 11.5 Å². The number of halogens is 1. The molecule has 1 aromatic heterocycles. The lowest BCUT2D eigenvalue weighted by molar-refractivity contribution is 0.452. The van der Waals surface area contributed by atoms with Crippen LogP contribution < -0.4 is 5.32 Å². The topological polar surface area (TPSA) is 25.2 Å². The lowest BCUT2D eigenvalue weighted by Gasteiger charge is -2.09. The summed E-state index contributed by atoms with van der Waals surface area (Å²) in [6.45, 7) is 2.83. The molecule has 1 saturated carbocycles. The average molecular weight is 290 g/mol. The van der Waals surface area contributed by atoms with E-state index in [0.29, 0.717) is 6.04 Å². The minimum Gasteiger partial charge on any atom is -0.460 e. The van der Waals surface area contributed by atoms with Crippen molar-refractivity contribution in [3.63, 3.8) is 0 Å². The zero-order valence-electron chi connectivity index (χ0n) is 11.8. The highest BCUT2D eigenvalue weighted by atomic mass is 35.5. The Morgan fingerprint density at radius 2 is 2.00 bits per heavy atom. The van der Waals surface area contributed by atoms with Gasteiger partial charge in [0, 0.05) is 16.6 Å². The van der Waals surface area contributed by atoms with Crippen LogP contribution in [0.5, 0.6) is 0 Å². The van der Waals surface area contributed by atoms with E-state index in [2.05, 4.69) is 11.4 Å². The first-order valence-corrected chi connectivity index (χ1v) is 7.69. The maximum atomic E-state index is 6.16. The van der Waals surface area contributed by atoms with Crippen LogP contribution in [-0.4, -0.2) is 6.04 Å². The molecule has 0 bridgehead atoms. The molecule has 0 atom stereocenters. The van der Waals surface area contributed by atoms with E-state index in [4.69, 9.17) is 16.0 Å². The van der Waals surface area contributed by atoms with Gasteiger partial charge in [0.25, 0.3) is 0 Å². The second-order valence-electron chi connectivity index (χ2n) is 5.54. The Bertz CT molecular complexity index is 584. The Balaban J connectivity index is 1.71. The smallest absolute Gasteiger partial charge is 0.134 e. The minimum atomic E-state index is 0.663. The van der Waals surface area contributed by atoms with Crippen LogP contribution in [0.1, 0.15) is 37.0 Å². The van der Waals surface area contributed by atoms with Crippen LogP contribution in [0.15, 0.2) is 34.7 Å². The van der Waals surface area contributed by atoms with E-state index in [9.17, 15) is 0 Å². The molecule has 2 aromatic rings. The summed E-state index contributed by atoms with van der Waals surface area (Å²) in [5, 5.41) is 4.35. The molecule has 3 heteroatoms. The molecule has 1 aromatic carbocycles. The summed E-state index contributed by atoms with van der Waals surface area (Å²) in [7, 11) is 0. The molecule has 1 fully saturated rings. The maximum absolute atomic E-state index is 6.16. The number of hydrogen-bond donors (Lipinski definition) is 1. The zero-order chi connectivity index (χ0) is 13.9. The lowest BCUT2D eigenvalue weighted by atomic mass is 10.1. The van der Waals surface area contributed by atoms with Gasteiger partial charge in [0.05, 0.1) is 6.54 Å². The first-order chi connectivity index (χ1) is 9.74. The van der Waals surface area contributed by atoms with E-state index in [0.717, 1.165) is 34.2 Å². The van der Waals surface area contributed by atoms with Gasteiger partial charge < -0.3 is 9.73 Å². The Morgan fingerprint density at radius 1 is 1.20 bits per heavy atom. The number of nitrogens with one attached hydrogen (secondary N) is 1. The fraction of sp³-hybridized carbons (Fsp3) is 0.412. The highest BCUT2D eigenvalue weighted by Gasteiger charge is 2.15. The van der Waals surface area contributed by atoms with Gasteiger partial charge >= 0.3 is 0 Å². The quantitative estimate of drug-likeness (QED) is 0.862. The minimum absolute atomic E-state index is 0.663. The van der Waals surface area contributed by atoms with Gasteiger partial charge in [0.15, 0.2) is 0 Å². The monoisotopic (exact) mass is 289 g/mol. The normalized spacial score (nSPS) is 15.9. The zero-order valence-corrected chi connectivity index (χ0v) is 12.5. The molecule has 0 saturated heterocycles. The molecule has 0 unspecified atom stereocenters. The van der Waals surface area contributed by atoms with Crippen LogP contribution in [0.2, 0.25) is 5.02 Å². The molecular weight excluding hydrogens is 270 g/mol. The highest BCUT2D eigenvalue weighted by molar-refractivity contribution is 6.31. The Morgan fingerprint density at radius 3 is 2.80 bits per heavy atom. The molecule has 106 valence electrons. The van der Waals surface area contributed by atoms with Crippen molar-refractivity contribution in [1.29, 1.82) is 0 Å². The van der Waals surface area contributed by atoms with Crippen molar-refractivity contribution in [3.8, 4) is 11.3 Å². The fourth-order valence-corrected chi connectivity index (χ4v) is 3.04. The number of hydrogen-bond acceptors (Lipinski definition) is 2. The maximum Gasteiger partial charge on any atom is 0.134 e. The molecule has 0 spiro atoms. The van der Waals surface area contributed by atoms with Crippen LogP contribution in [0.3, 0.4) is 0 Å². The van der Waals surface area contributed by atoms with Crippen LogP contribution >= 0.6 is 11.6 Å². The van der Waals surface area contributed by atoms with E-state index >= 15 is 0 Å². The molecule has 1 aliphatic carbocycles. The van der Waals surface area contributed by atoms with E-state index < -0.39 is 0 Å². The van der Waals surface area contributed by atoms with Crippen molar-refractivity contribution in [1.82, 2.24) is 5.32 Å². The summed E-state index contributed by atoms with van der Waals surface area (Å²) in [5.41, 5.74) is 2.14. The standard InChI is InChI=1S/C17H20ClNO/c1-12-15(7-4-8-16(12)18)17-10-9-14(20-17)11-19-13-5-2-3-6-13/h4,7-10,13,19H,2-3,5-6,11H2,1H3. The van der Waals surface area contributed by atoms with E-state index in [-0.39, 0.29) is 0 Å². The molecular formula is C17H20ClNO. The van der Waals surface area contributed by atoms with Crippen molar-refractivity contribution in [2.24, 2.45) is 0 Å². The first kappa shape index (κ1) is 13.7. The van der Waals surface area contributed by atoms with Gasteiger partial charge in [-0.3, -0.25) is 0 Å². The van der Waals surface area contributed by atoms with Gasteiger partial charge in [-0.2, -0.15) is 0 Å². The van der Waals surface area contributed by atoms with E-state index in [1.54, 1.807) is 0 Å². The van der Waals surface area contributed by atoms with Crippen LogP contribution in [0.25, 0.3) is 11.3 Å². The predicted octanol–water partition coefficient (Wildman–Crippen LogP) is 4.94. The highest BCUT2D eigenvalue weighted by Crippen LogP contribution is 2.29. The number of furan rings is 1. The number of benzene rings is 1. The Kier molecular flexibility index (Phi) is 4.13. The molecule has 1 heterocycles. The van der Waals surface area contributed by atoms with Crippen LogP contribution in [0.4, 0.5) is 0 Å². The number of rotatable bonds is 4. The first-order valence-electron chi connectivity index (χ1n) is 7.31. The van der Waals surface area contributed by atoms with E-state index in [1.807, 2.05) is 31.2 Å². The third-order valence-corrected chi connectivity index (χ3v) is 4.52. The van der Waals surface area contributed by atoms with Crippen molar-refractivity contribution in [2.45, 2.75) is 45.2 Å². The van der Waals surface area contributed by atoms with Crippen molar-refractivity contribution < 1.29 is 4.42 Å². The molecule has 20 heavy (non-hydrogen) atoms. The largest absolute Gasteiger partial charge is 0.460 e. The third kappa shape index (κ3) is 2.92. The van der Waals surface area contributed by atoms with Crippen LogP contribution in [0, 0.1) is 6.92 Å². The van der Waals surface area contributed by atoms with Crippen molar-refractivity contribution in [2.75, 3.05) is 0 Å². The molecule has 3 rings (SSSR count). The Labute approximate surface area is 125 Å².